The molecule has 1 fully saturated rings. The second-order valence-corrected chi connectivity index (χ2v) is 11.4. The molecular formula is C30H40ClFN6O2. The van der Waals surface area contributed by atoms with E-state index in [0.717, 1.165) is 50.6 Å². The Morgan fingerprint density at radius 3 is 2.67 bits per heavy atom. The van der Waals surface area contributed by atoms with Crippen LogP contribution in [0.25, 0.3) is 16.6 Å². The van der Waals surface area contributed by atoms with E-state index in [1.807, 2.05) is 38.1 Å². The molecule has 0 saturated carbocycles. The summed E-state index contributed by atoms with van der Waals surface area (Å²) in [5.41, 5.74) is 9.16. The number of nitrogens with two attached hydrogens (primary N) is 2. The van der Waals surface area contributed by atoms with Crippen LogP contribution in [0.3, 0.4) is 0 Å². The maximum atomic E-state index is 14.1. The van der Waals surface area contributed by atoms with E-state index >= 15 is 0 Å². The first-order chi connectivity index (χ1) is 19.2. The Morgan fingerprint density at radius 2 is 1.98 bits per heavy atom. The van der Waals surface area contributed by atoms with Gasteiger partial charge in [-0.05, 0) is 73.7 Å². The van der Waals surface area contributed by atoms with Crippen LogP contribution in [0.1, 0.15) is 48.3 Å². The Morgan fingerprint density at radius 1 is 1.25 bits per heavy atom. The number of aromatic nitrogens is 1. The number of likely N-dealkylation sites (tertiary alicyclic amines) is 1. The van der Waals surface area contributed by atoms with Crippen molar-refractivity contribution in [2.24, 2.45) is 23.4 Å². The summed E-state index contributed by atoms with van der Waals surface area (Å²) >= 11 is 5.95. The topological polar surface area (TPSA) is 113 Å². The van der Waals surface area contributed by atoms with Gasteiger partial charge in [0.05, 0.1) is 12.3 Å². The third-order valence-corrected chi connectivity index (χ3v) is 7.38. The third-order valence-electron chi connectivity index (χ3n) is 7.13. The number of H-pyrrole nitrogens is 1. The molecule has 8 nitrogen and oxygen atoms in total. The van der Waals surface area contributed by atoms with Crippen LogP contribution in [0.2, 0.25) is 5.02 Å². The largest absolute Gasteiger partial charge is 0.461 e. The molecule has 0 bridgehead atoms. The van der Waals surface area contributed by atoms with Crippen molar-refractivity contribution < 1.29 is 13.9 Å². The van der Waals surface area contributed by atoms with Crippen molar-refractivity contribution in [3.8, 4) is 0 Å². The van der Waals surface area contributed by atoms with Gasteiger partial charge in [0.15, 0.2) is 0 Å². The molecule has 1 aliphatic rings. The molecule has 4 rings (SSSR count). The van der Waals surface area contributed by atoms with Crippen LogP contribution in [0.15, 0.2) is 48.7 Å². The van der Waals surface area contributed by atoms with Crippen molar-refractivity contribution in [1.29, 1.82) is 0 Å². The number of carbonyl (C=O) groups is 1. The Labute approximate surface area is 240 Å². The van der Waals surface area contributed by atoms with Crippen molar-refractivity contribution >= 4 is 34.2 Å². The molecule has 0 aliphatic carbocycles. The molecule has 2 heterocycles. The minimum Gasteiger partial charge on any atom is -0.461 e. The summed E-state index contributed by atoms with van der Waals surface area (Å²) in [6.45, 7) is 9.57. The zero-order valence-corrected chi connectivity index (χ0v) is 24.0. The van der Waals surface area contributed by atoms with Gasteiger partial charge in [-0.3, -0.25) is 0 Å². The van der Waals surface area contributed by atoms with Crippen LogP contribution in [0.4, 0.5) is 4.39 Å². The molecule has 1 saturated heterocycles. The SMILES string of the molecule is CC(C)COC(=O)c1[nH]c2ccc(F)cc2c1/C(N)=C/N(N)CC1CCN(CCNCc2ccc(Cl)cc2)CC1. The summed E-state index contributed by atoms with van der Waals surface area (Å²) in [4.78, 5) is 18.4. The number of halogens is 2. The second-order valence-electron chi connectivity index (χ2n) is 10.9. The molecule has 0 amide bonds. The number of ether oxygens (including phenoxy) is 1. The minimum absolute atomic E-state index is 0.179. The Kier molecular flexibility index (Phi) is 10.4. The maximum absolute atomic E-state index is 14.1. The average molecular weight is 571 g/mol. The molecule has 216 valence electrons. The summed E-state index contributed by atoms with van der Waals surface area (Å²) < 4.78 is 19.5. The fourth-order valence-corrected chi connectivity index (χ4v) is 5.12. The molecular weight excluding hydrogens is 531 g/mol. The summed E-state index contributed by atoms with van der Waals surface area (Å²) in [5, 5.41) is 6.33. The summed E-state index contributed by atoms with van der Waals surface area (Å²) in [5.74, 6) is 6.00. The van der Waals surface area contributed by atoms with Crippen molar-refractivity contribution in [3.63, 3.8) is 0 Å². The van der Waals surface area contributed by atoms with Gasteiger partial charge < -0.3 is 30.7 Å². The van der Waals surface area contributed by atoms with Crippen LogP contribution >= 0.6 is 11.6 Å². The van der Waals surface area contributed by atoms with E-state index in [4.69, 9.17) is 27.9 Å². The Hall–Kier alpha value is -3.11. The van der Waals surface area contributed by atoms with Crippen LogP contribution in [-0.2, 0) is 11.3 Å². The lowest BCUT2D eigenvalue weighted by Crippen LogP contribution is -2.41. The molecule has 10 heteroatoms. The zero-order chi connectivity index (χ0) is 28.6. The molecule has 0 spiro atoms. The summed E-state index contributed by atoms with van der Waals surface area (Å²) in [7, 11) is 0. The van der Waals surface area contributed by atoms with E-state index in [-0.39, 0.29) is 23.9 Å². The van der Waals surface area contributed by atoms with Crippen LogP contribution in [0.5, 0.6) is 0 Å². The number of nitrogens with zero attached hydrogens (tertiary/aromatic N) is 2. The highest BCUT2D eigenvalue weighted by Gasteiger charge is 2.23. The van der Waals surface area contributed by atoms with Crippen LogP contribution < -0.4 is 16.9 Å². The van der Waals surface area contributed by atoms with Gasteiger partial charge in [0.25, 0.3) is 0 Å². The highest BCUT2D eigenvalue weighted by molar-refractivity contribution is 6.30. The number of nitrogens with one attached hydrogen (secondary N) is 2. The lowest BCUT2D eigenvalue weighted by molar-refractivity contribution is 0.0452. The number of aromatic amines is 1. The predicted octanol–water partition coefficient (Wildman–Crippen LogP) is 4.71. The lowest BCUT2D eigenvalue weighted by Gasteiger charge is -2.33. The van der Waals surface area contributed by atoms with Gasteiger partial charge in [0.1, 0.15) is 11.5 Å². The van der Waals surface area contributed by atoms with Gasteiger partial charge in [-0.2, -0.15) is 0 Å². The first kappa shape index (κ1) is 29.9. The normalized spacial score (nSPS) is 15.2. The van der Waals surface area contributed by atoms with Gasteiger partial charge in [0, 0.05) is 53.9 Å². The van der Waals surface area contributed by atoms with E-state index < -0.39 is 11.8 Å². The van der Waals surface area contributed by atoms with Crippen LogP contribution in [0, 0.1) is 17.7 Å². The number of rotatable bonds is 12. The maximum Gasteiger partial charge on any atom is 0.355 e. The van der Waals surface area contributed by atoms with E-state index in [1.54, 1.807) is 17.3 Å². The molecule has 1 aliphatic heterocycles. The number of hydrazine groups is 1. The molecule has 3 aromatic rings. The summed E-state index contributed by atoms with van der Waals surface area (Å²) in [6.07, 6.45) is 3.69. The fourth-order valence-electron chi connectivity index (χ4n) is 4.99. The molecule has 1 aromatic heterocycles. The smallest absolute Gasteiger partial charge is 0.355 e. The van der Waals surface area contributed by atoms with Crippen molar-refractivity contribution in [2.75, 3.05) is 39.3 Å². The number of hydrogen-bond acceptors (Lipinski definition) is 7. The van der Waals surface area contributed by atoms with Gasteiger partial charge in [-0.25, -0.2) is 15.0 Å². The highest BCUT2D eigenvalue weighted by Crippen LogP contribution is 2.29. The highest BCUT2D eigenvalue weighted by atomic mass is 35.5. The number of hydrogen-bond donors (Lipinski definition) is 4. The number of esters is 1. The van der Waals surface area contributed by atoms with E-state index in [0.29, 0.717) is 28.9 Å². The van der Waals surface area contributed by atoms with Gasteiger partial charge in [-0.15, -0.1) is 0 Å². The lowest BCUT2D eigenvalue weighted by atomic mass is 9.96. The van der Waals surface area contributed by atoms with E-state index in [1.165, 1.54) is 17.7 Å². The standard InChI is InChI=1S/C30H40ClFN6O2/c1-20(2)19-40-30(39)29-28(25-15-24(32)7-8-27(25)36-29)26(33)18-38(34)17-22-9-12-37(13-10-22)14-11-35-16-21-3-5-23(31)6-4-21/h3-8,15,18,20,22,35-36H,9-14,16-17,19,33-34H2,1-2H3/b26-18-. The first-order valence-corrected chi connectivity index (χ1v) is 14.2. The number of carbonyl (C=O) groups excluding carboxylic acids is 1. The second kappa shape index (κ2) is 14.0. The molecule has 2 aromatic carbocycles. The van der Waals surface area contributed by atoms with Gasteiger partial charge in [0.2, 0.25) is 0 Å². The molecule has 6 N–H and O–H groups in total. The number of fused-ring (bicyclic) bond motifs is 1. The fraction of sp³-hybridized carbons (Fsp3) is 0.433. The summed E-state index contributed by atoms with van der Waals surface area (Å²) in [6, 6.07) is 12.2. The van der Waals surface area contributed by atoms with Crippen LogP contribution in [-0.4, -0.2) is 60.2 Å². The minimum atomic E-state index is -0.532. The van der Waals surface area contributed by atoms with E-state index in [2.05, 4.69) is 15.2 Å². The number of piperidine rings is 1. The predicted molar refractivity (Wildman–Crippen MR) is 159 cm³/mol. The molecule has 40 heavy (non-hydrogen) atoms. The first-order valence-electron chi connectivity index (χ1n) is 13.8. The number of benzene rings is 2. The molecule has 0 unspecified atom stereocenters. The average Bonchev–Trinajstić information content (AvgIpc) is 3.30. The molecule has 0 atom stereocenters. The monoisotopic (exact) mass is 570 g/mol. The Bertz CT molecular complexity index is 1300. The van der Waals surface area contributed by atoms with Crippen molar-refractivity contribution in [3.05, 3.63) is 76.3 Å². The van der Waals surface area contributed by atoms with Crippen molar-refractivity contribution in [1.82, 2.24) is 20.2 Å². The van der Waals surface area contributed by atoms with Gasteiger partial charge >= 0.3 is 5.97 Å². The quantitative estimate of drug-likeness (QED) is 0.108. The third kappa shape index (κ3) is 8.20. The van der Waals surface area contributed by atoms with Gasteiger partial charge in [-0.1, -0.05) is 37.6 Å². The van der Waals surface area contributed by atoms with E-state index in [9.17, 15) is 9.18 Å². The van der Waals surface area contributed by atoms with Crippen molar-refractivity contribution in [2.45, 2.75) is 33.2 Å². The zero-order valence-electron chi connectivity index (χ0n) is 23.3. The molecule has 0 radical (unpaired) electrons. The Balaban J connectivity index is 1.31.